The van der Waals surface area contributed by atoms with E-state index in [-0.39, 0.29) is 29.9 Å². The molecule has 1 unspecified atom stereocenters. The molecule has 0 bridgehead atoms. The number of ketones is 2. The molecule has 8 heteroatoms. The largest absolute Gasteiger partial charge is 0.504 e. The van der Waals surface area contributed by atoms with Crippen molar-refractivity contribution in [2.45, 2.75) is 121 Å². The van der Waals surface area contributed by atoms with Gasteiger partial charge in [-0.2, -0.15) is 0 Å². The second-order valence-electron chi connectivity index (χ2n) is 18.6. The number of hydrogen-bond acceptors (Lipinski definition) is 8. The summed E-state index contributed by atoms with van der Waals surface area (Å²) in [6.07, 6.45) is 23.8. The van der Waals surface area contributed by atoms with Crippen molar-refractivity contribution in [2.24, 2.45) is 28.9 Å². The first-order valence-corrected chi connectivity index (χ1v) is 23.2. The summed E-state index contributed by atoms with van der Waals surface area (Å²) in [4.78, 5) is 26.6. The molecule has 2 aliphatic carbocycles. The van der Waals surface area contributed by atoms with Crippen LogP contribution < -0.4 is 26.4 Å². The van der Waals surface area contributed by atoms with Gasteiger partial charge in [0.15, 0.2) is 17.3 Å². The van der Waals surface area contributed by atoms with E-state index in [9.17, 15) is 14.7 Å². The Kier molecular flexibility index (Phi) is 15.7. The fourth-order valence-corrected chi connectivity index (χ4v) is 11.3. The molecule has 61 heavy (non-hydrogen) atoms. The van der Waals surface area contributed by atoms with Crippen molar-refractivity contribution in [1.29, 1.82) is 0 Å². The number of fused-ring (bicyclic) bond motifs is 1. The normalized spacial score (nSPS) is 23.5. The third-order valence-corrected chi connectivity index (χ3v) is 14.6. The molecule has 0 radical (unpaired) electrons. The van der Waals surface area contributed by atoms with E-state index in [1.807, 2.05) is 6.20 Å². The number of ether oxygens (including phenoxy) is 1. The number of Topliss-reactive ketones (excluding diaryl/α,β-unsaturated/α-hetero) is 1. The zero-order chi connectivity index (χ0) is 42.6. The number of nitrogens with two attached hydrogens (primary N) is 1. The van der Waals surface area contributed by atoms with E-state index in [0.717, 1.165) is 79.2 Å². The minimum Gasteiger partial charge on any atom is -0.504 e. The van der Waals surface area contributed by atoms with Gasteiger partial charge in [-0.3, -0.25) is 9.59 Å². The lowest BCUT2D eigenvalue weighted by Crippen LogP contribution is -2.51. The smallest absolute Gasteiger partial charge is 0.163 e. The standard InChI is InChI=1S/C53H70N4O4/c1-55-49-22-20-42-35-56-27-23-47(42)48(49)34-53(24-6-7-25-53)26-9-14-45(58)33-46(59)21-19-40-31-51(61-2)50(60)30-43(40)29-44-36-57-52(54)32-41(44)18-17-39-13-8-12-38(28-39)16-15-37-10-4-3-5-11-37/h3-5,8,10-13,19,21,28,30-32,36,42,47-49,52,55-57,60H,6-7,9,14-18,20,22-27,29,33-35,54H2,1-2H3/b21-19+/t42-,47+,48-,49-,52?/m1/s1. The summed E-state index contributed by atoms with van der Waals surface area (Å²) in [6.45, 7) is 2.30. The minimum absolute atomic E-state index is 0.0155. The number of carbonyl (C=O) groups excluding carboxylic acids is 2. The number of piperidine rings is 1. The van der Waals surface area contributed by atoms with Crippen LogP contribution in [0, 0.1) is 23.2 Å². The Morgan fingerprint density at radius 2 is 1.69 bits per heavy atom. The number of dihydropyridines is 1. The summed E-state index contributed by atoms with van der Waals surface area (Å²) in [7, 11) is 3.67. The van der Waals surface area contributed by atoms with Gasteiger partial charge in [0.2, 0.25) is 0 Å². The Balaban J connectivity index is 0.946. The predicted octanol–water partition coefficient (Wildman–Crippen LogP) is 8.95. The first-order valence-electron chi connectivity index (χ1n) is 23.2. The zero-order valence-electron chi connectivity index (χ0n) is 36.7. The Morgan fingerprint density at radius 1 is 0.934 bits per heavy atom. The van der Waals surface area contributed by atoms with Gasteiger partial charge in [-0.15, -0.1) is 0 Å². The average Bonchev–Trinajstić information content (AvgIpc) is 3.74. The van der Waals surface area contributed by atoms with E-state index in [1.54, 1.807) is 18.2 Å². The SMILES string of the molecule is CN[C@@H]1CC[C@@H]2CNCC[C@@H]2[C@H]1CC1(CCCC(=O)CC(=O)/C=C/c2cc(OC)c(O)cc2CC2=CNC(N)C=C2CCc2cccc(CCc3ccccc3)c2)CCCC1. The van der Waals surface area contributed by atoms with E-state index in [2.05, 4.69) is 83.7 Å². The lowest BCUT2D eigenvalue weighted by Gasteiger charge is -2.49. The average molecular weight is 827 g/mol. The zero-order valence-corrected chi connectivity index (χ0v) is 36.7. The maximum atomic E-state index is 13.3. The van der Waals surface area contributed by atoms with Gasteiger partial charge in [-0.05, 0) is 190 Å². The van der Waals surface area contributed by atoms with Crippen LogP contribution in [0.1, 0.15) is 111 Å². The third kappa shape index (κ3) is 12.1. The maximum Gasteiger partial charge on any atom is 0.163 e. The van der Waals surface area contributed by atoms with E-state index >= 15 is 0 Å². The molecule has 4 aliphatic rings. The van der Waals surface area contributed by atoms with Crippen molar-refractivity contribution in [3.05, 3.63) is 124 Å². The molecule has 2 saturated carbocycles. The van der Waals surface area contributed by atoms with Gasteiger partial charge < -0.3 is 31.5 Å². The molecule has 5 atom stereocenters. The molecule has 6 N–H and O–H groups in total. The molecule has 1 saturated heterocycles. The maximum absolute atomic E-state index is 13.3. The van der Waals surface area contributed by atoms with E-state index < -0.39 is 0 Å². The van der Waals surface area contributed by atoms with Crippen LogP contribution >= 0.6 is 0 Å². The van der Waals surface area contributed by atoms with E-state index in [1.165, 1.54) is 87.8 Å². The Bertz CT molecular complexity index is 2030. The number of phenols is 1. The number of carbonyl (C=O) groups is 2. The van der Waals surface area contributed by atoms with Crippen LogP contribution in [0.2, 0.25) is 0 Å². The highest BCUT2D eigenvalue weighted by Crippen LogP contribution is 2.52. The van der Waals surface area contributed by atoms with Crippen LogP contribution in [-0.4, -0.2) is 56.1 Å². The second-order valence-corrected chi connectivity index (χ2v) is 18.6. The van der Waals surface area contributed by atoms with Crippen LogP contribution in [0.4, 0.5) is 0 Å². The molecule has 3 aromatic carbocycles. The highest BCUT2D eigenvalue weighted by atomic mass is 16.5. The number of benzene rings is 3. The third-order valence-electron chi connectivity index (χ3n) is 14.6. The number of aromatic hydroxyl groups is 1. The van der Waals surface area contributed by atoms with Crippen LogP contribution in [-0.2, 0) is 35.3 Å². The number of methoxy groups -OCH3 is 1. The summed E-state index contributed by atoms with van der Waals surface area (Å²) in [5, 5.41) is 21.5. The fourth-order valence-electron chi connectivity index (χ4n) is 11.3. The molecule has 2 aliphatic heterocycles. The minimum atomic E-state index is -0.289. The number of phenolic OH excluding ortho intramolecular Hbond substituents is 1. The van der Waals surface area contributed by atoms with E-state index in [4.69, 9.17) is 10.5 Å². The second kappa shape index (κ2) is 21.5. The fraction of sp³-hybridized carbons (Fsp3) is 0.509. The number of nitrogens with one attached hydrogen (secondary N) is 3. The van der Waals surface area contributed by atoms with Gasteiger partial charge >= 0.3 is 0 Å². The monoisotopic (exact) mass is 827 g/mol. The number of rotatable bonds is 20. The lowest BCUT2D eigenvalue weighted by molar-refractivity contribution is -0.124. The highest BCUT2D eigenvalue weighted by Gasteiger charge is 2.45. The van der Waals surface area contributed by atoms with Gasteiger partial charge in [-0.25, -0.2) is 0 Å². The molecule has 7 rings (SSSR count). The summed E-state index contributed by atoms with van der Waals surface area (Å²) in [5.41, 5.74) is 14.5. The van der Waals surface area contributed by atoms with Crippen molar-refractivity contribution in [1.82, 2.24) is 16.0 Å². The molecular weight excluding hydrogens is 757 g/mol. The topological polar surface area (TPSA) is 126 Å². The van der Waals surface area contributed by atoms with Gasteiger partial charge in [-0.1, -0.05) is 73.5 Å². The van der Waals surface area contributed by atoms with Crippen LogP contribution in [0.5, 0.6) is 11.5 Å². The molecule has 326 valence electrons. The number of allylic oxidation sites excluding steroid dienone is 3. The number of hydrogen-bond donors (Lipinski definition) is 5. The molecule has 0 aromatic heterocycles. The van der Waals surface area contributed by atoms with E-state index in [0.29, 0.717) is 36.0 Å². The molecule has 8 nitrogen and oxygen atoms in total. The number of aryl methyl sites for hydroxylation is 3. The molecule has 0 amide bonds. The van der Waals surface area contributed by atoms with Crippen molar-refractivity contribution >= 4 is 17.6 Å². The van der Waals surface area contributed by atoms with Gasteiger partial charge in [0.1, 0.15) is 5.78 Å². The summed E-state index contributed by atoms with van der Waals surface area (Å²) in [6, 6.07) is 23.5. The Hall–Kier alpha value is -4.50. The molecule has 3 fully saturated rings. The van der Waals surface area contributed by atoms with Crippen molar-refractivity contribution in [3.8, 4) is 11.5 Å². The molecule has 3 aromatic rings. The molecular formula is C53H70N4O4. The Morgan fingerprint density at radius 3 is 2.46 bits per heavy atom. The summed E-state index contributed by atoms with van der Waals surface area (Å²) < 4.78 is 5.47. The van der Waals surface area contributed by atoms with Crippen molar-refractivity contribution < 1.29 is 19.4 Å². The van der Waals surface area contributed by atoms with Crippen LogP contribution in [0.3, 0.4) is 0 Å². The highest BCUT2D eigenvalue weighted by molar-refractivity contribution is 6.06. The molecule has 2 heterocycles. The van der Waals surface area contributed by atoms with Crippen LogP contribution in [0.15, 0.2) is 96.2 Å². The van der Waals surface area contributed by atoms with Crippen molar-refractivity contribution in [3.63, 3.8) is 0 Å². The van der Waals surface area contributed by atoms with Gasteiger partial charge in [0.05, 0.1) is 19.7 Å². The van der Waals surface area contributed by atoms with Crippen molar-refractivity contribution in [2.75, 3.05) is 27.2 Å². The summed E-state index contributed by atoms with van der Waals surface area (Å²) >= 11 is 0. The lowest BCUT2D eigenvalue weighted by atomic mass is 9.61. The van der Waals surface area contributed by atoms with Crippen LogP contribution in [0.25, 0.3) is 6.08 Å². The first-order chi connectivity index (χ1) is 29.7. The predicted molar refractivity (Wildman–Crippen MR) is 247 cm³/mol. The quantitative estimate of drug-likeness (QED) is 0.0565. The van der Waals surface area contributed by atoms with Gasteiger partial charge in [0.25, 0.3) is 0 Å². The first kappa shape index (κ1) is 44.6. The van der Waals surface area contributed by atoms with Gasteiger partial charge in [0, 0.05) is 18.7 Å². The summed E-state index contributed by atoms with van der Waals surface area (Å²) in [5.74, 6) is 2.48. The Labute approximate surface area is 364 Å². The molecule has 0 spiro atoms.